The van der Waals surface area contributed by atoms with E-state index in [1.807, 2.05) is 109 Å². The quantitative estimate of drug-likeness (QED) is 0.220. The van der Waals surface area contributed by atoms with E-state index >= 15 is 0 Å². The molecule has 6 aromatic rings. The van der Waals surface area contributed by atoms with Gasteiger partial charge in [-0.05, 0) is 72.8 Å². The van der Waals surface area contributed by atoms with Crippen LogP contribution in [0.2, 0.25) is 0 Å². The van der Waals surface area contributed by atoms with E-state index in [1.165, 1.54) is 0 Å². The molecule has 6 heterocycles. The molecule has 0 aliphatic carbocycles. The Balaban J connectivity index is 0.000000200. The van der Waals surface area contributed by atoms with Crippen molar-refractivity contribution >= 4 is 5.97 Å². The molecule has 9 heteroatoms. The molecule has 0 atom stereocenters. The monoisotopic (exact) mass is 630 g/mol. The number of carbonyl (C=O) groups is 1. The maximum atomic E-state index is 9.00. The van der Waals surface area contributed by atoms with Crippen LogP contribution in [0, 0.1) is 0 Å². The third-order valence-electron chi connectivity index (χ3n) is 4.78. The molecule has 8 nitrogen and oxygen atoms in total. The Morgan fingerprint density at radius 2 is 0.561 bits per heavy atom. The summed E-state index contributed by atoms with van der Waals surface area (Å²) in [6.45, 7) is 1.08. The van der Waals surface area contributed by atoms with Crippen molar-refractivity contribution in [2.24, 2.45) is 0 Å². The average Bonchev–Trinajstić information content (AvgIpc) is 3.04. The van der Waals surface area contributed by atoms with Crippen molar-refractivity contribution in [3.63, 3.8) is 0 Å². The van der Waals surface area contributed by atoms with Gasteiger partial charge in [-0.1, -0.05) is 36.4 Å². The summed E-state index contributed by atoms with van der Waals surface area (Å²) in [5, 5.41) is 7.42. The molecule has 0 aliphatic rings. The maximum absolute atomic E-state index is 9.00. The standard InChI is InChI=1S/3C10H8N2.C2H4O2.Ru/c3*1-3-7-11-9(5-1)10-6-2-4-8-12-10;1-2(3)4;/h3*1-8H;1H3,(H,3,4);. The number of rotatable bonds is 3. The Hall–Kier alpha value is -5.01. The second-order valence-electron chi connectivity index (χ2n) is 7.81. The smallest absolute Gasteiger partial charge is 0.300 e. The van der Waals surface area contributed by atoms with Crippen LogP contribution in [0.5, 0.6) is 0 Å². The van der Waals surface area contributed by atoms with E-state index in [2.05, 4.69) is 29.9 Å². The van der Waals surface area contributed by atoms with Crippen molar-refractivity contribution < 1.29 is 29.4 Å². The maximum Gasteiger partial charge on any atom is 0.300 e. The topological polar surface area (TPSA) is 115 Å². The first-order valence-corrected chi connectivity index (χ1v) is 12.3. The second kappa shape index (κ2) is 19.1. The molecular weight excluding hydrogens is 601 g/mol. The zero-order valence-corrected chi connectivity index (χ0v) is 24.0. The third-order valence-corrected chi connectivity index (χ3v) is 4.78. The zero-order valence-electron chi connectivity index (χ0n) is 22.2. The summed E-state index contributed by atoms with van der Waals surface area (Å²) in [5.74, 6) is -0.833. The van der Waals surface area contributed by atoms with Gasteiger partial charge in [0.25, 0.3) is 5.97 Å². The fraction of sp³-hybridized carbons (Fsp3) is 0.0312. The Morgan fingerprint density at radius 3 is 0.659 bits per heavy atom. The van der Waals surface area contributed by atoms with Gasteiger partial charge in [0, 0.05) is 63.6 Å². The summed E-state index contributed by atoms with van der Waals surface area (Å²) in [6, 6.07) is 34.8. The van der Waals surface area contributed by atoms with E-state index in [-0.39, 0.29) is 19.5 Å². The molecule has 0 aliphatic heterocycles. The Labute approximate surface area is 252 Å². The molecule has 0 aromatic carbocycles. The Bertz CT molecular complexity index is 1200. The third kappa shape index (κ3) is 12.6. The number of hydrogen-bond donors (Lipinski definition) is 1. The second-order valence-corrected chi connectivity index (χ2v) is 7.81. The SMILES string of the molecule is CC(=O)O.[Ru].c1ccc(-c2ccccn2)nc1.c1ccc(-c2ccccn2)nc1.c1ccc(-c2ccccn2)nc1. The average molecular weight is 630 g/mol. The predicted molar refractivity (Wildman–Crippen MR) is 156 cm³/mol. The van der Waals surface area contributed by atoms with Crippen molar-refractivity contribution in [3.05, 3.63) is 146 Å². The molecule has 0 fully saturated rings. The van der Waals surface area contributed by atoms with Gasteiger partial charge in [-0.3, -0.25) is 34.7 Å². The van der Waals surface area contributed by atoms with Crippen molar-refractivity contribution in [2.75, 3.05) is 0 Å². The zero-order chi connectivity index (χ0) is 28.3. The summed E-state index contributed by atoms with van der Waals surface area (Å²) in [4.78, 5) is 34.1. The minimum Gasteiger partial charge on any atom is -0.481 e. The van der Waals surface area contributed by atoms with E-state index in [4.69, 9.17) is 9.90 Å². The van der Waals surface area contributed by atoms with E-state index < -0.39 is 5.97 Å². The first-order chi connectivity index (χ1) is 19.6. The molecule has 6 aromatic heterocycles. The van der Waals surface area contributed by atoms with Gasteiger partial charge in [-0.15, -0.1) is 0 Å². The molecule has 0 bridgehead atoms. The molecule has 0 radical (unpaired) electrons. The van der Waals surface area contributed by atoms with Gasteiger partial charge in [-0.2, -0.15) is 0 Å². The Kier molecular flexibility index (Phi) is 15.0. The van der Waals surface area contributed by atoms with Crippen LogP contribution in [0.25, 0.3) is 34.2 Å². The largest absolute Gasteiger partial charge is 0.481 e. The van der Waals surface area contributed by atoms with Crippen LogP contribution >= 0.6 is 0 Å². The molecular formula is C32H28N6O2Ru. The fourth-order valence-corrected chi connectivity index (χ4v) is 3.09. The van der Waals surface area contributed by atoms with Gasteiger partial charge >= 0.3 is 0 Å². The number of pyridine rings is 6. The summed E-state index contributed by atoms with van der Waals surface area (Å²) in [5.41, 5.74) is 5.49. The van der Waals surface area contributed by atoms with Crippen molar-refractivity contribution in [2.45, 2.75) is 6.92 Å². The van der Waals surface area contributed by atoms with E-state index in [9.17, 15) is 0 Å². The van der Waals surface area contributed by atoms with Crippen LogP contribution in [0.1, 0.15) is 6.92 Å². The van der Waals surface area contributed by atoms with Gasteiger partial charge in [0.15, 0.2) is 0 Å². The van der Waals surface area contributed by atoms with Crippen molar-refractivity contribution in [1.82, 2.24) is 29.9 Å². The summed E-state index contributed by atoms with van der Waals surface area (Å²) < 4.78 is 0. The van der Waals surface area contributed by atoms with E-state index in [0.29, 0.717) is 0 Å². The summed E-state index contributed by atoms with van der Waals surface area (Å²) in [6.07, 6.45) is 10.6. The molecule has 0 saturated heterocycles. The van der Waals surface area contributed by atoms with Gasteiger partial charge in [0.1, 0.15) is 0 Å². The normalized spacial score (nSPS) is 9.10. The number of carboxylic acid groups (broad SMARTS) is 1. The molecule has 0 amide bonds. The van der Waals surface area contributed by atoms with Crippen LogP contribution in [0.4, 0.5) is 0 Å². The number of nitrogens with zero attached hydrogens (tertiary/aromatic N) is 6. The Morgan fingerprint density at radius 1 is 0.415 bits per heavy atom. The van der Waals surface area contributed by atoms with Gasteiger partial charge in [-0.25, -0.2) is 0 Å². The van der Waals surface area contributed by atoms with Crippen molar-refractivity contribution in [3.8, 4) is 34.2 Å². The number of carboxylic acids is 1. The molecule has 0 spiro atoms. The van der Waals surface area contributed by atoms with Gasteiger partial charge in [0.2, 0.25) is 0 Å². The van der Waals surface area contributed by atoms with E-state index in [0.717, 1.165) is 41.1 Å². The molecule has 6 rings (SSSR count). The first kappa shape index (κ1) is 32.2. The van der Waals surface area contributed by atoms with E-state index in [1.54, 1.807) is 37.2 Å². The van der Waals surface area contributed by atoms with Crippen molar-refractivity contribution in [1.29, 1.82) is 0 Å². The molecule has 206 valence electrons. The molecule has 0 unspecified atom stereocenters. The predicted octanol–water partition coefficient (Wildman–Crippen LogP) is 6.52. The van der Waals surface area contributed by atoms with Crippen LogP contribution < -0.4 is 0 Å². The minimum atomic E-state index is -0.833. The fourth-order valence-electron chi connectivity index (χ4n) is 3.09. The molecule has 0 saturated carbocycles. The summed E-state index contributed by atoms with van der Waals surface area (Å²) >= 11 is 0. The van der Waals surface area contributed by atoms with Crippen LogP contribution in [-0.2, 0) is 24.3 Å². The van der Waals surface area contributed by atoms with Crippen LogP contribution in [0.15, 0.2) is 146 Å². The first-order valence-electron chi connectivity index (χ1n) is 12.3. The minimum absolute atomic E-state index is 0. The van der Waals surface area contributed by atoms with Gasteiger partial charge < -0.3 is 5.11 Å². The number of aliphatic carboxylic acids is 1. The number of aromatic nitrogens is 6. The molecule has 1 N–H and O–H groups in total. The van der Waals surface area contributed by atoms with Crippen LogP contribution in [-0.4, -0.2) is 41.0 Å². The van der Waals surface area contributed by atoms with Gasteiger partial charge in [0.05, 0.1) is 34.2 Å². The number of hydrogen-bond acceptors (Lipinski definition) is 7. The van der Waals surface area contributed by atoms with Crippen LogP contribution in [0.3, 0.4) is 0 Å². The summed E-state index contributed by atoms with van der Waals surface area (Å²) in [7, 11) is 0. The molecule has 41 heavy (non-hydrogen) atoms.